The molecule has 6 heteroatoms. The monoisotopic (exact) mass is 345 g/mol. The minimum absolute atomic E-state index is 0.0659. The summed E-state index contributed by atoms with van der Waals surface area (Å²) in [6.45, 7) is 6.69. The number of urea groups is 1. The number of hydrogen-bond donors (Lipinski definition) is 3. The molecular formula is C19H27N3O3. The van der Waals surface area contributed by atoms with Crippen molar-refractivity contribution in [1.29, 1.82) is 0 Å². The molecule has 3 N–H and O–H groups in total. The number of aromatic nitrogens is 1. The lowest BCUT2D eigenvalue weighted by atomic mass is 9.79. The Kier molecular flexibility index (Phi) is 6.58. The number of benzene rings is 1. The number of nitrogens with one attached hydrogen (secondary N) is 2. The number of carbonyl (C=O) groups is 1. The van der Waals surface area contributed by atoms with Crippen molar-refractivity contribution in [3.05, 3.63) is 36.2 Å². The molecule has 0 saturated heterocycles. The van der Waals surface area contributed by atoms with Gasteiger partial charge in [-0.05, 0) is 49.8 Å². The number of nitrogens with zero attached hydrogens (tertiary/aromatic N) is 1. The molecule has 0 bridgehead atoms. The maximum atomic E-state index is 12.2. The minimum atomic E-state index is -0.259. The van der Waals surface area contributed by atoms with Gasteiger partial charge in [0.15, 0.2) is 0 Å². The number of oxazole rings is 1. The van der Waals surface area contributed by atoms with Crippen molar-refractivity contribution in [3.63, 3.8) is 0 Å². The molecule has 2 amide bonds. The van der Waals surface area contributed by atoms with Crippen LogP contribution in [0.15, 0.2) is 34.9 Å². The largest absolute Gasteiger partial charge is 0.444 e. The highest BCUT2D eigenvalue weighted by Crippen LogP contribution is 2.29. The van der Waals surface area contributed by atoms with Gasteiger partial charge in [0.05, 0.1) is 5.69 Å². The molecule has 2 rings (SSSR count). The van der Waals surface area contributed by atoms with Gasteiger partial charge in [-0.2, -0.15) is 0 Å². The van der Waals surface area contributed by atoms with Crippen LogP contribution in [0.3, 0.4) is 0 Å². The van der Waals surface area contributed by atoms with Gasteiger partial charge in [0.2, 0.25) is 5.89 Å². The predicted molar refractivity (Wildman–Crippen MR) is 98.4 cm³/mol. The average Bonchev–Trinajstić information content (AvgIpc) is 3.05. The standard InChI is InChI=1S/C19H27N3O3/c1-4-19(5-2,9-10-23)13-20-18(24)22-16-8-6-7-15(11-16)17-21-14(3)12-25-17/h6-8,11-12,23H,4-5,9-10,13H2,1-3H3,(H2,20,22,24). The molecule has 0 aliphatic heterocycles. The lowest BCUT2D eigenvalue weighted by molar-refractivity contribution is 0.165. The summed E-state index contributed by atoms with van der Waals surface area (Å²) in [5.74, 6) is 0.528. The summed E-state index contributed by atoms with van der Waals surface area (Å²) in [7, 11) is 0. The molecule has 0 radical (unpaired) electrons. The van der Waals surface area contributed by atoms with Crippen LogP contribution >= 0.6 is 0 Å². The molecular weight excluding hydrogens is 318 g/mol. The number of rotatable bonds is 8. The molecule has 1 aromatic heterocycles. The van der Waals surface area contributed by atoms with E-state index >= 15 is 0 Å². The van der Waals surface area contributed by atoms with Crippen molar-refractivity contribution in [2.45, 2.75) is 40.0 Å². The van der Waals surface area contributed by atoms with Gasteiger partial charge < -0.3 is 20.2 Å². The zero-order valence-electron chi connectivity index (χ0n) is 15.1. The number of aliphatic hydroxyl groups excluding tert-OH is 1. The van der Waals surface area contributed by atoms with Gasteiger partial charge in [-0.15, -0.1) is 0 Å². The maximum Gasteiger partial charge on any atom is 0.319 e. The summed E-state index contributed by atoms with van der Waals surface area (Å²) in [6, 6.07) is 7.11. The Labute approximate surface area is 148 Å². The van der Waals surface area contributed by atoms with Gasteiger partial charge in [0.25, 0.3) is 0 Å². The number of carbonyl (C=O) groups excluding carboxylic acids is 1. The highest BCUT2D eigenvalue weighted by Gasteiger charge is 2.26. The third kappa shape index (κ3) is 5.06. The van der Waals surface area contributed by atoms with Crippen molar-refractivity contribution >= 4 is 11.7 Å². The maximum absolute atomic E-state index is 12.2. The van der Waals surface area contributed by atoms with E-state index in [1.165, 1.54) is 0 Å². The van der Waals surface area contributed by atoms with Gasteiger partial charge in [-0.1, -0.05) is 19.9 Å². The van der Waals surface area contributed by atoms with E-state index in [0.29, 0.717) is 24.5 Å². The van der Waals surface area contributed by atoms with Gasteiger partial charge in [0.1, 0.15) is 6.26 Å². The molecule has 0 spiro atoms. The first kappa shape index (κ1) is 19.0. The first-order valence-electron chi connectivity index (χ1n) is 8.70. The predicted octanol–water partition coefficient (Wildman–Crippen LogP) is 3.96. The van der Waals surface area contributed by atoms with Crippen LogP contribution in [-0.4, -0.2) is 29.3 Å². The topological polar surface area (TPSA) is 87.4 Å². The van der Waals surface area contributed by atoms with Crippen LogP contribution in [0.2, 0.25) is 0 Å². The van der Waals surface area contributed by atoms with Crippen molar-refractivity contribution in [2.75, 3.05) is 18.5 Å². The second kappa shape index (κ2) is 8.67. The van der Waals surface area contributed by atoms with E-state index in [2.05, 4.69) is 29.5 Å². The van der Waals surface area contributed by atoms with E-state index in [4.69, 9.17) is 4.42 Å². The molecule has 6 nitrogen and oxygen atoms in total. The summed E-state index contributed by atoms with van der Waals surface area (Å²) in [5, 5.41) is 15.0. The zero-order chi connectivity index (χ0) is 18.3. The van der Waals surface area contributed by atoms with Crippen molar-refractivity contribution in [3.8, 4) is 11.5 Å². The van der Waals surface area contributed by atoms with Crippen molar-refractivity contribution in [2.24, 2.45) is 5.41 Å². The molecule has 1 heterocycles. The Hall–Kier alpha value is -2.34. The average molecular weight is 345 g/mol. The third-order valence-corrected chi connectivity index (χ3v) is 4.75. The van der Waals surface area contributed by atoms with E-state index in [0.717, 1.165) is 24.1 Å². The van der Waals surface area contributed by atoms with Crippen LogP contribution in [0.4, 0.5) is 10.5 Å². The van der Waals surface area contributed by atoms with E-state index in [1.54, 1.807) is 6.26 Å². The quantitative estimate of drug-likeness (QED) is 0.676. The number of aliphatic hydroxyl groups is 1. The second-order valence-electron chi connectivity index (χ2n) is 6.36. The van der Waals surface area contributed by atoms with E-state index in [1.807, 2.05) is 31.2 Å². The SMILES string of the molecule is CCC(CC)(CCO)CNC(=O)Nc1cccc(-c2nc(C)co2)c1. The Balaban J connectivity index is 1.99. The molecule has 25 heavy (non-hydrogen) atoms. The van der Waals surface area contributed by atoms with Crippen LogP contribution in [0.25, 0.3) is 11.5 Å². The smallest absolute Gasteiger partial charge is 0.319 e. The lowest BCUT2D eigenvalue weighted by Gasteiger charge is -2.31. The summed E-state index contributed by atoms with van der Waals surface area (Å²) < 4.78 is 5.40. The van der Waals surface area contributed by atoms with Crippen molar-refractivity contribution < 1.29 is 14.3 Å². The fourth-order valence-electron chi connectivity index (χ4n) is 2.84. The number of aryl methyl sites for hydroxylation is 1. The van der Waals surface area contributed by atoms with Crippen LogP contribution in [0.1, 0.15) is 38.8 Å². The first-order valence-corrected chi connectivity index (χ1v) is 8.70. The van der Waals surface area contributed by atoms with Crippen LogP contribution in [0, 0.1) is 12.3 Å². The molecule has 2 aromatic rings. The number of amides is 2. The van der Waals surface area contributed by atoms with Gasteiger partial charge in [-0.25, -0.2) is 9.78 Å². The van der Waals surface area contributed by atoms with Gasteiger partial charge in [-0.3, -0.25) is 0 Å². The molecule has 0 unspecified atom stereocenters. The highest BCUT2D eigenvalue weighted by atomic mass is 16.3. The molecule has 0 aliphatic carbocycles. The minimum Gasteiger partial charge on any atom is -0.444 e. The molecule has 0 atom stereocenters. The summed E-state index contributed by atoms with van der Waals surface area (Å²) >= 11 is 0. The third-order valence-electron chi connectivity index (χ3n) is 4.75. The summed E-state index contributed by atoms with van der Waals surface area (Å²) in [6.07, 6.45) is 4.09. The summed E-state index contributed by atoms with van der Waals surface area (Å²) in [5.41, 5.74) is 2.23. The molecule has 0 aliphatic rings. The fourth-order valence-corrected chi connectivity index (χ4v) is 2.84. The molecule has 1 aromatic carbocycles. The molecule has 0 saturated carbocycles. The second-order valence-corrected chi connectivity index (χ2v) is 6.36. The van der Waals surface area contributed by atoms with Crippen LogP contribution < -0.4 is 10.6 Å². The van der Waals surface area contributed by atoms with Crippen molar-refractivity contribution in [1.82, 2.24) is 10.3 Å². The van der Waals surface area contributed by atoms with E-state index < -0.39 is 0 Å². The van der Waals surface area contributed by atoms with Gasteiger partial charge in [0, 0.05) is 24.4 Å². The van der Waals surface area contributed by atoms with Gasteiger partial charge >= 0.3 is 6.03 Å². The highest BCUT2D eigenvalue weighted by molar-refractivity contribution is 5.89. The Morgan fingerprint density at radius 3 is 2.68 bits per heavy atom. The Morgan fingerprint density at radius 1 is 1.32 bits per heavy atom. The molecule has 136 valence electrons. The van der Waals surface area contributed by atoms with Crippen LogP contribution in [0.5, 0.6) is 0 Å². The fraction of sp³-hybridized carbons (Fsp3) is 0.474. The normalized spacial score (nSPS) is 11.4. The summed E-state index contributed by atoms with van der Waals surface area (Å²) in [4.78, 5) is 16.5. The van der Waals surface area contributed by atoms with E-state index in [-0.39, 0.29) is 18.1 Å². The first-order chi connectivity index (χ1) is 12.0. The molecule has 0 fully saturated rings. The Morgan fingerprint density at radius 2 is 2.08 bits per heavy atom. The number of hydrogen-bond acceptors (Lipinski definition) is 4. The zero-order valence-corrected chi connectivity index (χ0v) is 15.1. The number of anilines is 1. The Bertz CT molecular complexity index is 693. The van der Waals surface area contributed by atoms with E-state index in [9.17, 15) is 9.90 Å². The van der Waals surface area contributed by atoms with Crippen LogP contribution in [-0.2, 0) is 0 Å². The lowest BCUT2D eigenvalue weighted by Crippen LogP contribution is -2.39.